The van der Waals surface area contributed by atoms with Gasteiger partial charge in [0.15, 0.2) is 23.1 Å². The molecular weight excluding hydrogens is 408 g/mol. The van der Waals surface area contributed by atoms with Gasteiger partial charge in [-0.15, -0.1) is 10.2 Å². The summed E-state index contributed by atoms with van der Waals surface area (Å²) in [6, 6.07) is 6.06. The van der Waals surface area contributed by atoms with E-state index in [9.17, 15) is 4.79 Å². The average molecular weight is 437 g/mol. The van der Waals surface area contributed by atoms with Crippen molar-refractivity contribution in [3.8, 4) is 22.9 Å². The fraction of sp³-hybridized carbons (Fsp3) is 0.478. The molecule has 0 unspecified atom stereocenters. The number of aromatic nitrogens is 5. The Morgan fingerprint density at radius 1 is 1.06 bits per heavy atom. The molecule has 9 nitrogen and oxygen atoms in total. The van der Waals surface area contributed by atoms with E-state index in [1.165, 1.54) is 0 Å². The van der Waals surface area contributed by atoms with Crippen LogP contribution >= 0.6 is 0 Å². The minimum absolute atomic E-state index is 0.0226. The van der Waals surface area contributed by atoms with Gasteiger partial charge < -0.3 is 18.9 Å². The molecule has 0 bridgehead atoms. The second-order valence-electron chi connectivity index (χ2n) is 8.53. The molecule has 3 aromatic rings. The number of aryl methyl sites for hydroxylation is 2. The number of benzene rings is 1. The van der Waals surface area contributed by atoms with Gasteiger partial charge in [0.2, 0.25) is 0 Å². The molecule has 168 valence electrons. The standard InChI is InChI=1S/C23H28N6O3/c1-14-16(12-27(2)26-14)23(30)28-13-21-24-25-22(29(21)18-8-6-5-7-17(18)28)15-9-10-19(31-3)20(11-15)32-4/h9-12,17-18H,5-8,13H2,1-4H3/t17-,18-/m1/s1. The van der Waals surface area contributed by atoms with Crippen molar-refractivity contribution in [3.63, 3.8) is 0 Å². The quantitative estimate of drug-likeness (QED) is 0.624. The summed E-state index contributed by atoms with van der Waals surface area (Å²) < 4.78 is 14.8. The van der Waals surface area contributed by atoms with Crippen molar-refractivity contribution in [1.82, 2.24) is 29.4 Å². The van der Waals surface area contributed by atoms with E-state index >= 15 is 0 Å². The maximum absolute atomic E-state index is 13.5. The molecule has 32 heavy (non-hydrogen) atoms. The van der Waals surface area contributed by atoms with Crippen LogP contribution in [0.15, 0.2) is 24.4 Å². The molecule has 2 atom stereocenters. The first kappa shape index (κ1) is 20.5. The monoisotopic (exact) mass is 436 g/mol. The molecule has 1 aliphatic heterocycles. The van der Waals surface area contributed by atoms with Gasteiger partial charge in [-0.2, -0.15) is 5.10 Å². The van der Waals surface area contributed by atoms with E-state index in [2.05, 4.69) is 19.9 Å². The van der Waals surface area contributed by atoms with Crippen molar-refractivity contribution < 1.29 is 14.3 Å². The molecular formula is C23H28N6O3. The molecule has 1 fully saturated rings. The maximum atomic E-state index is 13.5. The fourth-order valence-electron chi connectivity index (χ4n) is 5.16. The Morgan fingerprint density at radius 3 is 2.50 bits per heavy atom. The summed E-state index contributed by atoms with van der Waals surface area (Å²) in [7, 11) is 5.09. The number of ether oxygens (including phenoxy) is 2. The Bertz CT molecular complexity index is 1170. The highest BCUT2D eigenvalue weighted by Gasteiger charge is 2.42. The summed E-state index contributed by atoms with van der Waals surface area (Å²) in [6.07, 6.45) is 6.01. The third-order valence-electron chi connectivity index (χ3n) is 6.65. The normalized spacial score (nSPS) is 19.9. The molecule has 2 aromatic heterocycles. The van der Waals surface area contributed by atoms with Crippen molar-refractivity contribution in [2.24, 2.45) is 7.05 Å². The minimum Gasteiger partial charge on any atom is -0.493 e. The zero-order valence-electron chi connectivity index (χ0n) is 18.9. The number of methoxy groups -OCH3 is 2. The van der Waals surface area contributed by atoms with E-state index in [1.807, 2.05) is 43.3 Å². The highest BCUT2D eigenvalue weighted by molar-refractivity contribution is 5.95. The number of carbonyl (C=O) groups excluding carboxylic acids is 1. The lowest BCUT2D eigenvalue weighted by Crippen LogP contribution is -2.50. The van der Waals surface area contributed by atoms with Crippen molar-refractivity contribution in [2.45, 2.75) is 51.2 Å². The molecule has 0 radical (unpaired) electrons. The van der Waals surface area contributed by atoms with Crippen molar-refractivity contribution in [1.29, 1.82) is 0 Å². The third kappa shape index (κ3) is 3.23. The lowest BCUT2D eigenvalue weighted by molar-refractivity contribution is 0.0420. The Balaban J connectivity index is 1.55. The molecule has 1 saturated carbocycles. The zero-order chi connectivity index (χ0) is 22.4. The molecule has 0 saturated heterocycles. The molecule has 3 heterocycles. The molecule has 9 heteroatoms. The van der Waals surface area contributed by atoms with Crippen molar-refractivity contribution in [3.05, 3.63) is 41.5 Å². The molecule has 1 aromatic carbocycles. The van der Waals surface area contributed by atoms with Crippen LogP contribution in [0.3, 0.4) is 0 Å². The van der Waals surface area contributed by atoms with Crippen LogP contribution in [0.2, 0.25) is 0 Å². The van der Waals surface area contributed by atoms with Crippen LogP contribution in [-0.2, 0) is 13.6 Å². The SMILES string of the molecule is COc1ccc(-c2nnc3n2[C@@H]2CCCC[C@H]2N(C(=O)c2cn(C)nc2C)C3)cc1OC. The van der Waals surface area contributed by atoms with Gasteiger partial charge in [0.05, 0.1) is 44.1 Å². The summed E-state index contributed by atoms with van der Waals surface area (Å²) >= 11 is 0. The fourth-order valence-corrected chi connectivity index (χ4v) is 5.16. The van der Waals surface area contributed by atoms with Gasteiger partial charge >= 0.3 is 0 Å². The first-order valence-electron chi connectivity index (χ1n) is 11.0. The first-order valence-corrected chi connectivity index (χ1v) is 11.0. The number of hydrogen-bond donors (Lipinski definition) is 0. The second-order valence-corrected chi connectivity index (χ2v) is 8.53. The van der Waals surface area contributed by atoms with Gasteiger partial charge in [0.25, 0.3) is 5.91 Å². The third-order valence-corrected chi connectivity index (χ3v) is 6.65. The van der Waals surface area contributed by atoms with E-state index in [0.717, 1.165) is 48.6 Å². The van der Waals surface area contributed by atoms with E-state index in [4.69, 9.17) is 9.47 Å². The van der Waals surface area contributed by atoms with E-state index < -0.39 is 0 Å². The molecule has 2 aliphatic rings. The Hall–Kier alpha value is -3.36. The first-order chi connectivity index (χ1) is 15.5. The molecule has 0 spiro atoms. The van der Waals surface area contributed by atoms with E-state index in [-0.39, 0.29) is 18.0 Å². The lowest BCUT2D eigenvalue weighted by atomic mass is 9.86. The van der Waals surface area contributed by atoms with Crippen LogP contribution in [-0.4, -0.2) is 55.6 Å². The number of rotatable bonds is 4. The Morgan fingerprint density at radius 2 is 1.81 bits per heavy atom. The maximum Gasteiger partial charge on any atom is 0.258 e. The second kappa shape index (κ2) is 7.96. The number of fused-ring (bicyclic) bond motifs is 3. The summed E-state index contributed by atoms with van der Waals surface area (Å²) in [5.41, 5.74) is 2.33. The van der Waals surface area contributed by atoms with Crippen LogP contribution in [0.5, 0.6) is 11.5 Å². The van der Waals surface area contributed by atoms with Crippen molar-refractivity contribution >= 4 is 5.91 Å². The molecule has 1 amide bonds. The Labute approximate surface area is 186 Å². The van der Waals surface area contributed by atoms with E-state index in [0.29, 0.717) is 23.6 Å². The number of nitrogens with zero attached hydrogens (tertiary/aromatic N) is 6. The van der Waals surface area contributed by atoms with Gasteiger partial charge in [-0.05, 0) is 38.0 Å². The van der Waals surface area contributed by atoms with Crippen LogP contribution < -0.4 is 9.47 Å². The van der Waals surface area contributed by atoms with Gasteiger partial charge in [0.1, 0.15) is 0 Å². The molecule has 5 rings (SSSR count). The summed E-state index contributed by atoms with van der Waals surface area (Å²) in [6.45, 7) is 2.32. The predicted molar refractivity (Wildman–Crippen MR) is 118 cm³/mol. The Kier molecular flexibility index (Phi) is 5.11. The largest absolute Gasteiger partial charge is 0.493 e. The van der Waals surface area contributed by atoms with E-state index in [1.54, 1.807) is 18.9 Å². The van der Waals surface area contributed by atoms with Gasteiger partial charge in [0, 0.05) is 18.8 Å². The number of amides is 1. The molecule has 1 aliphatic carbocycles. The molecule has 0 N–H and O–H groups in total. The highest BCUT2D eigenvalue weighted by Crippen LogP contribution is 2.41. The lowest BCUT2D eigenvalue weighted by Gasteiger charge is -2.44. The van der Waals surface area contributed by atoms with Gasteiger partial charge in [-0.3, -0.25) is 9.48 Å². The van der Waals surface area contributed by atoms with Crippen molar-refractivity contribution in [2.75, 3.05) is 14.2 Å². The van der Waals surface area contributed by atoms with Crippen LogP contribution in [0.4, 0.5) is 0 Å². The zero-order valence-corrected chi connectivity index (χ0v) is 18.9. The van der Waals surface area contributed by atoms with Crippen LogP contribution in [0.1, 0.15) is 53.6 Å². The summed E-state index contributed by atoms with van der Waals surface area (Å²) in [5, 5.41) is 13.4. The topological polar surface area (TPSA) is 87.3 Å². The van der Waals surface area contributed by atoms with Crippen LogP contribution in [0.25, 0.3) is 11.4 Å². The van der Waals surface area contributed by atoms with Gasteiger partial charge in [-0.1, -0.05) is 12.8 Å². The minimum atomic E-state index is 0.0226. The predicted octanol–water partition coefficient (Wildman–Crippen LogP) is 3.14. The number of hydrogen-bond acceptors (Lipinski definition) is 6. The summed E-state index contributed by atoms with van der Waals surface area (Å²) in [5.74, 6) is 2.97. The summed E-state index contributed by atoms with van der Waals surface area (Å²) in [4.78, 5) is 15.5. The smallest absolute Gasteiger partial charge is 0.258 e. The van der Waals surface area contributed by atoms with Crippen LogP contribution in [0, 0.1) is 6.92 Å². The highest BCUT2D eigenvalue weighted by atomic mass is 16.5. The average Bonchev–Trinajstić information content (AvgIpc) is 3.40. The van der Waals surface area contributed by atoms with Gasteiger partial charge in [-0.25, -0.2) is 0 Å². The number of carbonyl (C=O) groups is 1.